The molecule has 2 aliphatic rings. The second kappa shape index (κ2) is 2.57. The summed E-state index contributed by atoms with van der Waals surface area (Å²) >= 11 is 0. The number of hydrogen-bond acceptors (Lipinski definition) is 2. The molecule has 0 N–H and O–H groups in total. The molecule has 1 saturated heterocycles. The lowest BCUT2D eigenvalue weighted by atomic mass is 10.0. The van der Waals surface area contributed by atoms with Gasteiger partial charge in [-0.05, 0) is 26.7 Å². The van der Waals surface area contributed by atoms with Crippen LogP contribution in [0.5, 0.6) is 0 Å². The van der Waals surface area contributed by atoms with E-state index in [1.165, 1.54) is 0 Å². The Bertz CT molecular complexity index is 247. The fraction of sp³-hybridized carbons (Fsp3) is 0.778. The van der Waals surface area contributed by atoms with Crippen LogP contribution in [0, 0.1) is 5.92 Å². The predicted octanol–water partition coefficient (Wildman–Crippen LogP) is 1.05. The second-order valence-electron chi connectivity index (χ2n) is 3.65. The number of aliphatic imine (C=N–C) groups is 1. The molecule has 2 unspecified atom stereocenters. The van der Waals surface area contributed by atoms with E-state index >= 15 is 0 Å². The lowest BCUT2D eigenvalue weighted by Gasteiger charge is -2.30. The zero-order valence-corrected chi connectivity index (χ0v) is 7.58. The zero-order valence-electron chi connectivity index (χ0n) is 7.58. The summed E-state index contributed by atoms with van der Waals surface area (Å²) in [6, 6.07) is 0. The average Bonchev–Trinajstić information content (AvgIpc) is 2.48. The second-order valence-corrected chi connectivity index (χ2v) is 3.65. The van der Waals surface area contributed by atoms with Crippen LogP contribution in [0.4, 0.5) is 0 Å². The highest BCUT2D eigenvalue weighted by Crippen LogP contribution is 2.25. The third-order valence-electron chi connectivity index (χ3n) is 2.85. The Kier molecular flexibility index (Phi) is 1.67. The van der Waals surface area contributed by atoms with Crippen molar-refractivity contribution in [1.29, 1.82) is 0 Å². The van der Waals surface area contributed by atoms with Gasteiger partial charge < -0.3 is 4.90 Å². The molecule has 2 aliphatic heterocycles. The summed E-state index contributed by atoms with van der Waals surface area (Å²) in [4.78, 5) is 18.1. The highest BCUT2D eigenvalue weighted by Gasteiger charge is 2.35. The Morgan fingerprint density at radius 3 is 3.08 bits per heavy atom. The average molecular weight is 166 g/mol. The first kappa shape index (κ1) is 7.77. The van der Waals surface area contributed by atoms with E-state index < -0.39 is 0 Å². The van der Waals surface area contributed by atoms with Crippen LogP contribution in [0.2, 0.25) is 0 Å². The molecule has 0 bridgehead atoms. The van der Waals surface area contributed by atoms with Gasteiger partial charge in [0.15, 0.2) is 0 Å². The molecular formula is C9H14N2O. The third-order valence-corrected chi connectivity index (χ3v) is 2.85. The van der Waals surface area contributed by atoms with E-state index in [4.69, 9.17) is 0 Å². The van der Waals surface area contributed by atoms with Gasteiger partial charge in [-0.15, -0.1) is 0 Å². The van der Waals surface area contributed by atoms with E-state index in [0.717, 1.165) is 25.1 Å². The summed E-state index contributed by atoms with van der Waals surface area (Å²) in [5.41, 5.74) is 1.00. The van der Waals surface area contributed by atoms with Crippen molar-refractivity contribution in [3.05, 3.63) is 0 Å². The lowest BCUT2D eigenvalue weighted by Crippen LogP contribution is -2.44. The number of hydrogen-bond donors (Lipinski definition) is 0. The van der Waals surface area contributed by atoms with E-state index in [-0.39, 0.29) is 18.0 Å². The van der Waals surface area contributed by atoms with Crippen LogP contribution in [0.3, 0.4) is 0 Å². The highest BCUT2D eigenvalue weighted by atomic mass is 16.2. The Morgan fingerprint density at radius 1 is 1.58 bits per heavy atom. The molecule has 2 heterocycles. The molecule has 1 amide bonds. The van der Waals surface area contributed by atoms with Crippen molar-refractivity contribution in [2.45, 2.75) is 32.9 Å². The summed E-state index contributed by atoms with van der Waals surface area (Å²) in [7, 11) is 0. The largest absolute Gasteiger partial charge is 0.320 e. The van der Waals surface area contributed by atoms with Gasteiger partial charge in [-0.25, -0.2) is 0 Å². The molecule has 3 heteroatoms. The smallest absolute Gasteiger partial charge is 0.232 e. The Morgan fingerprint density at radius 2 is 2.33 bits per heavy atom. The summed E-state index contributed by atoms with van der Waals surface area (Å²) in [5.74, 6) is 0.282. The predicted molar refractivity (Wildman–Crippen MR) is 47.0 cm³/mol. The fourth-order valence-corrected chi connectivity index (χ4v) is 1.91. The van der Waals surface area contributed by atoms with Crippen LogP contribution in [0.15, 0.2) is 4.99 Å². The highest BCUT2D eigenvalue weighted by molar-refractivity contribution is 6.04. The van der Waals surface area contributed by atoms with Gasteiger partial charge in [-0.1, -0.05) is 0 Å². The molecule has 1 fully saturated rings. The number of fused-ring (bicyclic) bond motifs is 1. The van der Waals surface area contributed by atoms with E-state index in [1.807, 2.05) is 18.7 Å². The summed E-state index contributed by atoms with van der Waals surface area (Å²) in [5, 5.41) is 0. The molecule has 2 rings (SSSR count). The standard InChI is InChI=1S/C9H14N2O/c1-6-7(2)10-8-4-3-5-11(8)9(6)12/h6,8H,3-5H2,1-2H3. The lowest BCUT2D eigenvalue weighted by molar-refractivity contribution is -0.134. The molecule has 2 atom stereocenters. The topological polar surface area (TPSA) is 32.7 Å². The molecule has 0 saturated carbocycles. The van der Waals surface area contributed by atoms with Crippen molar-refractivity contribution in [2.75, 3.05) is 6.54 Å². The zero-order chi connectivity index (χ0) is 8.72. The minimum atomic E-state index is 0.0133. The van der Waals surface area contributed by atoms with Crippen molar-refractivity contribution in [3.63, 3.8) is 0 Å². The van der Waals surface area contributed by atoms with Crippen molar-refractivity contribution in [1.82, 2.24) is 4.90 Å². The minimum Gasteiger partial charge on any atom is -0.320 e. The van der Waals surface area contributed by atoms with Crippen LogP contribution in [0.25, 0.3) is 0 Å². The first-order chi connectivity index (χ1) is 5.70. The molecule has 0 aromatic rings. The molecule has 3 nitrogen and oxygen atoms in total. The third kappa shape index (κ3) is 0.958. The van der Waals surface area contributed by atoms with Crippen molar-refractivity contribution in [3.8, 4) is 0 Å². The fourth-order valence-electron chi connectivity index (χ4n) is 1.91. The van der Waals surface area contributed by atoms with Gasteiger partial charge in [-0.2, -0.15) is 0 Å². The Hall–Kier alpha value is -0.860. The number of nitrogens with zero attached hydrogens (tertiary/aromatic N) is 2. The van der Waals surface area contributed by atoms with Gasteiger partial charge in [0.2, 0.25) is 5.91 Å². The molecule has 12 heavy (non-hydrogen) atoms. The Balaban J connectivity index is 2.30. The summed E-state index contributed by atoms with van der Waals surface area (Å²) in [6.45, 7) is 4.80. The monoisotopic (exact) mass is 166 g/mol. The molecule has 0 aliphatic carbocycles. The number of carbonyl (C=O) groups excluding carboxylic acids is 1. The van der Waals surface area contributed by atoms with E-state index in [9.17, 15) is 4.79 Å². The number of amides is 1. The van der Waals surface area contributed by atoms with E-state index in [2.05, 4.69) is 4.99 Å². The maximum atomic E-state index is 11.7. The number of carbonyl (C=O) groups is 1. The quantitative estimate of drug-likeness (QED) is 0.529. The molecule has 66 valence electrons. The van der Waals surface area contributed by atoms with Crippen molar-refractivity contribution < 1.29 is 4.79 Å². The Labute approximate surface area is 72.5 Å². The van der Waals surface area contributed by atoms with Gasteiger partial charge in [0.1, 0.15) is 6.17 Å². The van der Waals surface area contributed by atoms with Gasteiger partial charge in [0.25, 0.3) is 0 Å². The van der Waals surface area contributed by atoms with Crippen LogP contribution >= 0.6 is 0 Å². The van der Waals surface area contributed by atoms with Crippen LogP contribution in [-0.2, 0) is 4.79 Å². The van der Waals surface area contributed by atoms with Crippen LogP contribution < -0.4 is 0 Å². The van der Waals surface area contributed by atoms with E-state index in [1.54, 1.807) is 0 Å². The molecule has 0 spiro atoms. The first-order valence-corrected chi connectivity index (χ1v) is 4.55. The normalized spacial score (nSPS) is 35.0. The molecular weight excluding hydrogens is 152 g/mol. The minimum absolute atomic E-state index is 0.0133. The summed E-state index contributed by atoms with van der Waals surface area (Å²) < 4.78 is 0. The maximum absolute atomic E-state index is 11.7. The molecule has 0 radical (unpaired) electrons. The van der Waals surface area contributed by atoms with Gasteiger partial charge in [0, 0.05) is 12.3 Å². The summed E-state index contributed by atoms with van der Waals surface area (Å²) in [6.07, 6.45) is 2.34. The van der Waals surface area contributed by atoms with Crippen LogP contribution in [0.1, 0.15) is 26.7 Å². The molecule has 0 aromatic heterocycles. The van der Waals surface area contributed by atoms with Gasteiger partial charge >= 0.3 is 0 Å². The number of rotatable bonds is 0. The van der Waals surface area contributed by atoms with Crippen molar-refractivity contribution in [2.24, 2.45) is 10.9 Å². The maximum Gasteiger partial charge on any atom is 0.232 e. The SMILES string of the molecule is CC1=NC2CCCN2C(=O)C1C. The van der Waals surface area contributed by atoms with Crippen molar-refractivity contribution >= 4 is 11.6 Å². The first-order valence-electron chi connectivity index (χ1n) is 4.55. The van der Waals surface area contributed by atoms with Gasteiger partial charge in [-0.3, -0.25) is 9.79 Å². The molecule has 0 aromatic carbocycles. The van der Waals surface area contributed by atoms with Gasteiger partial charge in [0.05, 0.1) is 5.92 Å². The van der Waals surface area contributed by atoms with E-state index in [0.29, 0.717) is 0 Å². The van der Waals surface area contributed by atoms with Crippen LogP contribution in [-0.4, -0.2) is 29.2 Å².